The number of hydrogen-bond donors (Lipinski definition) is 2. The van der Waals surface area contributed by atoms with Gasteiger partial charge in [0.25, 0.3) is 0 Å². The van der Waals surface area contributed by atoms with Crippen molar-refractivity contribution in [2.45, 2.75) is 52.5 Å². The third-order valence-corrected chi connectivity index (χ3v) is 4.48. The predicted octanol–water partition coefficient (Wildman–Crippen LogP) is 2.12. The minimum Gasteiger partial charge on any atom is -0.370 e. The Morgan fingerprint density at radius 3 is 2.64 bits per heavy atom. The van der Waals surface area contributed by atoms with Crippen molar-refractivity contribution in [3.63, 3.8) is 0 Å². The maximum absolute atomic E-state index is 5.94. The topological polar surface area (TPSA) is 56.9 Å². The zero-order valence-corrected chi connectivity index (χ0v) is 17.0. The Balaban J connectivity index is 0.00000441. The first-order chi connectivity index (χ1) is 10.2. The summed E-state index contributed by atoms with van der Waals surface area (Å²) in [6.07, 6.45) is 4.92. The van der Waals surface area contributed by atoms with Crippen molar-refractivity contribution in [2.24, 2.45) is 10.7 Å². The van der Waals surface area contributed by atoms with E-state index in [1.165, 1.54) is 32.4 Å². The molecule has 0 amide bonds. The van der Waals surface area contributed by atoms with Crippen molar-refractivity contribution in [3.8, 4) is 0 Å². The van der Waals surface area contributed by atoms with E-state index in [-0.39, 0.29) is 24.0 Å². The molecular weight excluding hydrogens is 389 g/mol. The van der Waals surface area contributed by atoms with Crippen molar-refractivity contribution in [1.82, 2.24) is 15.1 Å². The third kappa shape index (κ3) is 8.53. The molecule has 0 saturated carbocycles. The largest absolute Gasteiger partial charge is 0.370 e. The molecule has 1 atom stereocenters. The Labute approximate surface area is 154 Å². The molecule has 1 heterocycles. The van der Waals surface area contributed by atoms with Gasteiger partial charge in [-0.15, -0.1) is 24.0 Å². The molecule has 132 valence electrons. The lowest BCUT2D eigenvalue weighted by Gasteiger charge is -2.21. The molecule has 1 saturated heterocycles. The fourth-order valence-electron chi connectivity index (χ4n) is 2.99. The van der Waals surface area contributed by atoms with Crippen molar-refractivity contribution >= 4 is 29.9 Å². The number of guanidine groups is 1. The van der Waals surface area contributed by atoms with Crippen LogP contribution in [0, 0.1) is 0 Å². The second-order valence-electron chi connectivity index (χ2n) is 5.81. The molecule has 22 heavy (non-hydrogen) atoms. The summed E-state index contributed by atoms with van der Waals surface area (Å²) in [7, 11) is 0. The smallest absolute Gasteiger partial charge is 0.188 e. The van der Waals surface area contributed by atoms with Crippen molar-refractivity contribution in [3.05, 3.63) is 0 Å². The quantitative estimate of drug-likeness (QED) is 0.244. The zero-order chi connectivity index (χ0) is 15.5. The molecule has 0 radical (unpaired) electrons. The molecule has 1 unspecified atom stereocenters. The standard InChI is InChI=1S/C16H35N5.HI/c1-4-20(5-2)12-8-7-11-18-16(17)19-14-15-10-9-13-21(15)6-3;/h15H,4-14H2,1-3H3,(H3,17,18,19);1H. The van der Waals surface area contributed by atoms with Gasteiger partial charge in [-0.2, -0.15) is 0 Å². The van der Waals surface area contributed by atoms with Crippen LogP contribution in [0.2, 0.25) is 0 Å². The van der Waals surface area contributed by atoms with Crippen LogP contribution in [-0.2, 0) is 0 Å². The minimum atomic E-state index is 0. The van der Waals surface area contributed by atoms with E-state index in [4.69, 9.17) is 5.73 Å². The van der Waals surface area contributed by atoms with E-state index in [2.05, 4.69) is 40.9 Å². The molecule has 0 aromatic rings. The zero-order valence-electron chi connectivity index (χ0n) is 14.7. The van der Waals surface area contributed by atoms with Crippen LogP contribution in [0.5, 0.6) is 0 Å². The first-order valence-corrected chi connectivity index (χ1v) is 8.71. The summed E-state index contributed by atoms with van der Waals surface area (Å²) >= 11 is 0. The summed E-state index contributed by atoms with van der Waals surface area (Å²) < 4.78 is 0. The lowest BCUT2D eigenvalue weighted by Crippen LogP contribution is -2.36. The molecule has 1 aliphatic heterocycles. The third-order valence-electron chi connectivity index (χ3n) is 4.48. The number of aliphatic imine (C=N–C) groups is 1. The highest BCUT2D eigenvalue weighted by molar-refractivity contribution is 14.0. The monoisotopic (exact) mass is 425 g/mol. The van der Waals surface area contributed by atoms with Gasteiger partial charge in [-0.05, 0) is 58.4 Å². The fraction of sp³-hybridized carbons (Fsp3) is 0.938. The highest BCUT2D eigenvalue weighted by Crippen LogP contribution is 2.16. The van der Waals surface area contributed by atoms with Gasteiger partial charge in [0, 0.05) is 12.6 Å². The molecule has 1 aliphatic rings. The van der Waals surface area contributed by atoms with Gasteiger partial charge in [0.1, 0.15) is 0 Å². The molecule has 0 aliphatic carbocycles. The average molecular weight is 425 g/mol. The molecule has 6 heteroatoms. The SMILES string of the molecule is CCN(CC)CCCCNC(N)=NCC1CCCN1CC.I. The number of rotatable bonds is 10. The normalized spacial score (nSPS) is 19.5. The van der Waals surface area contributed by atoms with Gasteiger partial charge < -0.3 is 16.0 Å². The number of nitrogens with one attached hydrogen (secondary N) is 1. The summed E-state index contributed by atoms with van der Waals surface area (Å²) in [6, 6.07) is 0.595. The Kier molecular flexibility index (Phi) is 13.3. The van der Waals surface area contributed by atoms with E-state index < -0.39 is 0 Å². The second kappa shape index (κ2) is 13.4. The van der Waals surface area contributed by atoms with Gasteiger partial charge in [0.15, 0.2) is 5.96 Å². The highest BCUT2D eigenvalue weighted by atomic mass is 127. The van der Waals surface area contributed by atoms with Crippen molar-refractivity contribution in [2.75, 3.05) is 45.8 Å². The number of nitrogens with zero attached hydrogens (tertiary/aromatic N) is 3. The van der Waals surface area contributed by atoms with Crippen LogP contribution in [0.3, 0.4) is 0 Å². The number of halogens is 1. The predicted molar refractivity (Wildman–Crippen MR) is 107 cm³/mol. The molecule has 0 aromatic carbocycles. The summed E-state index contributed by atoms with van der Waals surface area (Å²) in [5.74, 6) is 0.612. The van der Waals surface area contributed by atoms with Gasteiger partial charge in [-0.3, -0.25) is 9.89 Å². The lowest BCUT2D eigenvalue weighted by molar-refractivity contribution is 0.273. The van der Waals surface area contributed by atoms with E-state index in [0.29, 0.717) is 12.0 Å². The van der Waals surface area contributed by atoms with Crippen LogP contribution < -0.4 is 11.1 Å². The van der Waals surface area contributed by atoms with E-state index >= 15 is 0 Å². The molecule has 1 fully saturated rings. The lowest BCUT2D eigenvalue weighted by atomic mass is 10.2. The molecule has 5 nitrogen and oxygen atoms in total. The van der Waals surface area contributed by atoms with E-state index in [9.17, 15) is 0 Å². The van der Waals surface area contributed by atoms with Crippen LogP contribution in [0.15, 0.2) is 4.99 Å². The summed E-state index contributed by atoms with van der Waals surface area (Å²) in [6.45, 7) is 14.2. The van der Waals surface area contributed by atoms with Crippen LogP contribution in [0.25, 0.3) is 0 Å². The number of likely N-dealkylation sites (tertiary alicyclic amines) is 1. The van der Waals surface area contributed by atoms with Crippen LogP contribution >= 0.6 is 24.0 Å². The van der Waals surface area contributed by atoms with Crippen LogP contribution in [0.4, 0.5) is 0 Å². The summed E-state index contributed by atoms with van der Waals surface area (Å²) in [5.41, 5.74) is 5.94. The molecule has 0 bridgehead atoms. The molecule has 0 aromatic heterocycles. The Morgan fingerprint density at radius 2 is 2.00 bits per heavy atom. The Bertz CT molecular complexity index is 294. The summed E-state index contributed by atoms with van der Waals surface area (Å²) in [5, 5.41) is 3.24. The molecule has 1 rings (SSSR count). The first kappa shape index (κ1) is 21.9. The van der Waals surface area contributed by atoms with E-state index in [1.54, 1.807) is 0 Å². The van der Waals surface area contributed by atoms with Gasteiger partial charge >= 0.3 is 0 Å². The Morgan fingerprint density at radius 1 is 1.27 bits per heavy atom. The van der Waals surface area contributed by atoms with Crippen LogP contribution in [-0.4, -0.2) is 67.6 Å². The number of unbranched alkanes of at least 4 members (excludes halogenated alkanes) is 1. The van der Waals surface area contributed by atoms with E-state index in [1.807, 2.05) is 0 Å². The average Bonchev–Trinajstić information content (AvgIpc) is 2.96. The number of nitrogens with two attached hydrogens (primary N) is 1. The van der Waals surface area contributed by atoms with Crippen molar-refractivity contribution in [1.29, 1.82) is 0 Å². The van der Waals surface area contributed by atoms with Gasteiger partial charge in [-0.25, -0.2) is 0 Å². The number of likely N-dealkylation sites (N-methyl/N-ethyl adjacent to an activating group) is 1. The minimum absolute atomic E-state index is 0. The Hall–Kier alpha value is -0.0800. The van der Waals surface area contributed by atoms with Gasteiger partial charge in [0.05, 0.1) is 6.54 Å². The molecular formula is C16H36IN5. The highest BCUT2D eigenvalue weighted by Gasteiger charge is 2.22. The van der Waals surface area contributed by atoms with Gasteiger partial charge in [0.2, 0.25) is 0 Å². The van der Waals surface area contributed by atoms with Crippen LogP contribution in [0.1, 0.15) is 46.5 Å². The molecule has 0 spiro atoms. The summed E-state index contributed by atoms with van der Waals surface area (Å²) in [4.78, 5) is 9.46. The first-order valence-electron chi connectivity index (χ1n) is 8.71. The molecule has 3 N–H and O–H groups in total. The van der Waals surface area contributed by atoms with Crippen molar-refractivity contribution < 1.29 is 0 Å². The maximum Gasteiger partial charge on any atom is 0.188 e. The maximum atomic E-state index is 5.94. The van der Waals surface area contributed by atoms with E-state index in [0.717, 1.165) is 39.1 Å². The fourth-order valence-corrected chi connectivity index (χ4v) is 2.99. The second-order valence-corrected chi connectivity index (χ2v) is 5.81. The number of hydrogen-bond acceptors (Lipinski definition) is 3. The van der Waals surface area contributed by atoms with Gasteiger partial charge in [-0.1, -0.05) is 20.8 Å².